The van der Waals surface area contributed by atoms with E-state index in [1.54, 1.807) is 0 Å². The first-order valence-electron chi connectivity index (χ1n) is 7.56. The molecule has 0 aromatic heterocycles. The van der Waals surface area contributed by atoms with Crippen molar-refractivity contribution in [3.05, 3.63) is 0 Å². The second-order valence-electron chi connectivity index (χ2n) is 6.57. The van der Waals surface area contributed by atoms with E-state index < -0.39 is 0 Å². The molecule has 0 aromatic carbocycles. The summed E-state index contributed by atoms with van der Waals surface area (Å²) in [5, 5.41) is 12.6. The maximum Gasteiger partial charge on any atom is 0.0434 e. The maximum absolute atomic E-state index is 9.00. The summed E-state index contributed by atoms with van der Waals surface area (Å²) >= 11 is 0. The Labute approximate surface area is 113 Å². The van der Waals surface area contributed by atoms with Crippen molar-refractivity contribution in [3.63, 3.8) is 0 Å². The summed E-state index contributed by atoms with van der Waals surface area (Å²) in [4.78, 5) is 2.57. The van der Waals surface area contributed by atoms with Crippen LogP contribution in [-0.2, 0) is 0 Å². The van der Waals surface area contributed by atoms with Crippen molar-refractivity contribution >= 4 is 0 Å². The van der Waals surface area contributed by atoms with Crippen molar-refractivity contribution in [1.29, 1.82) is 0 Å². The van der Waals surface area contributed by atoms with E-state index >= 15 is 0 Å². The van der Waals surface area contributed by atoms with Gasteiger partial charge in [-0.2, -0.15) is 0 Å². The summed E-state index contributed by atoms with van der Waals surface area (Å²) in [6.45, 7) is 14.2. The van der Waals surface area contributed by atoms with Crippen molar-refractivity contribution in [2.45, 2.75) is 53.0 Å². The predicted octanol–water partition coefficient (Wildman–Crippen LogP) is 2.11. The second kappa shape index (κ2) is 7.46. The normalized spacial score (nSPS) is 23.5. The Morgan fingerprint density at radius 1 is 1.44 bits per heavy atom. The zero-order chi connectivity index (χ0) is 13.6. The molecule has 1 saturated heterocycles. The highest BCUT2D eigenvalue weighted by atomic mass is 16.3. The first-order valence-corrected chi connectivity index (χ1v) is 7.56. The Balaban J connectivity index is 2.36. The van der Waals surface area contributed by atoms with Crippen LogP contribution in [0.3, 0.4) is 0 Å². The second-order valence-corrected chi connectivity index (χ2v) is 6.57. The summed E-state index contributed by atoms with van der Waals surface area (Å²) in [6.07, 6.45) is 3.43. The zero-order valence-electron chi connectivity index (χ0n) is 12.7. The average Bonchev–Trinajstić information content (AvgIpc) is 2.73. The lowest BCUT2D eigenvalue weighted by atomic mass is 9.84. The van der Waals surface area contributed by atoms with E-state index in [4.69, 9.17) is 5.11 Å². The van der Waals surface area contributed by atoms with Gasteiger partial charge in [-0.1, -0.05) is 20.8 Å². The van der Waals surface area contributed by atoms with Crippen LogP contribution in [0.2, 0.25) is 0 Å². The third-order valence-corrected chi connectivity index (χ3v) is 4.41. The highest BCUT2D eigenvalue weighted by molar-refractivity contribution is 4.86. The van der Waals surface area contributed by atoms with Gasteiger partial charge in [-0.05, 0) is 50.6 Å². The third kappa shape index (κ3) is 4.87. The van der Waals surface area contributed by atoms with Gasteiger partial charge in [0.15, 0.2) is 0 Å². The summed E-state index contributed by atoms with van der Waals surface area (Å²) < 4.78 is 0. The van der Waals surface area contributed by atoms with Crippen LogP contribution in [0, 0.1) is 11.3 Å². The Morgan fingerprint density at radius 3 is 2.78 bits per heavy atom. The molecule has 0 bridgehead atoms. The van der Waals surface area contributed by atoms with Gasteiger partial charge in [0.2, 0.25) is 0 Å². The topological polar surface area (TPSA) is 35.5 Å². The molecular formula is C15H32N2O. The molecule has 2 N–H and O–H groups in total. The van der Waals surface area contributed by atoms with Crippen LogP contribution in [0.5, 0.6) is 0 Å². The largest absolute Gasteiger partial charge is 0.396 e. The number of hydrogen-bond donors (Lipinski definition) is 2. The molecule has 0 spiro atoms. The number of hydrogen-bond acceptors (Lipinski definition) is 3. The number of rotatable bonds is 8. The standard InChI is InChI=1S/C15H32N2O/c1-5-8-16-13(2)15(3,4)12-17-9-6-14(11-17)7-10-18/h13-14,16,18H,5-12H2,1-4H3. The number of aliphatic hydroxyl groups excluding tert-OH is 1. The van der Waals surface area contributed by atoms with Gasteiger partial charge >= 0.3 is 0 Å². The Morgan fingerprint density at radius 2 is 2.17 bits per heavy atom. The molecule has 108 valence electrons. The first kappa shape index (κ1) is 15.9. The number of nitrogens with one attached hydrogen (secondary N) is 1. The van der Waals surface area contributed by atoms with E-state index in [1.165, 1.54) is 25.9 Å². The molecule has 1 rings (SSSR count). The smallest absolute Gasteiger partial charge is 0.0434 e. The van der Waals surface area contributed by atoms with Gasteiger partial charge in [-0.15, -0.1) is 0 Å². The Kier molecular flexibility index (Phi) is 6.61. The summed E-state index contributed by atoms with van der Waals surface area (Å²) in [5.41, 5.74) is 0.309. The van der Waals surface area contributed by atoms with E-state index in [9.17, 15) is 0 Å². The molecule has 0 aromatic rings. The summed E-state index contributed by atoms with van der Waals surface area (Å²) in [5.74, 6) is 0.713. The fraction of sp³-hybridized carbons (Fsp3) is 1.00. The fourth-order valence-corrected chi connectivity index (χ4v) is 2.83. The fourth-order valence-electron chi connectivity index (χ4n) is 2.83. The van der Waals surface area contributed by atoms with Crippen LogP contribution >= 0.6 is 0 Å². The number of nitrogens with zero attached hydrogens (tertiary/aromatic N) is 1. The summed E-state index contributed by atoms with van der Waals surface area (Å²) in [7, 11) is 0. The van der Waals surface area contributed by atoms with Crippen molar-refractivity contribution < 1.29 is 5.11 Å². The average molecular weight is 256 g/mol. The molecule has 3 nitrogen and oxygen atoms in total. The van der Waals surface area contributed by atoms with Gasteiger partial charge < -0.3 is 15.3 Å². The molecule has 0 saturated carbocycles. The first-order chi connectivity index (χ1) is 8.49. The van der Waals surface area contributed by atoms with Crippen LogP contribution in [0.25, 0.3) is 0 Å². The minimum Gasteiger partial charge on any atom is -0.396 e. The predicted molar refractivity (Wildman–Crippen MR) is 77.8 cm³/mol. The van der Waals surface area contributed by atoms with Gasteiger partial charge in [0.05, 0.1) is 0 Å². The number of aliphatic hydroxyl groups is 1. The van der Waals surface area contributed by atoms with E-state index in [0.29, 0.717) is 24.0 Å². The van der Waals surface area contributed by atoms with Crippen LogP contribution < -0.4 is 5.32 Å². The lowest BCUT2D eigenvalue weighted by molar-refractivity contribution is 0.158. The van der Waals surface area contributed by atoms with Gasteiger partial charge in [-0.25, -0.2) is 0 Å². The molecule has 3 heteroatoms. The van der Waals surface area contributed by atoms with Crippen molar-refractivity contribution in [1.82, 2.24) is 10.2 Å². The highest BCUT2D eigenvalue weighted by Gasteiger charge is 2.31. The molecule has 0 amide bonds. The van der Waals surface area contributed by atoms with Crippen LogP contribution in [0.1, 0.15) is 47.0 Å². The molecule has 2 atom stereocenters. The monoisotopic (exact) mass is 256 g/mol. The lowest BCUT2D eigenvalue weighted by Gasteiger charge is -2.36. The quantitative estimate of drug-likeness (QED) is 0.698. The Hall–Kier alpha value is -0.120. The van der Waals surface area contributed by atoms with Gasteiger partial charge in [0.1, 0.15) is 0 Å². The van der Waals surface area contributed by atoms with Gasteiger partial charge in [0, 0.05) is 25.7 Å². The molecule has 0 aliphatic carbocycles. The molecular weight excluding hydrogens is 224 g/mol. The molecule has 0 radical (unpaired) electrons. The van der Waals surface area contributed by atoms with E-state index in [2.05, 4.69) is 37.9 Å². The van der Waals surface area contributed by atoms with Crippen molar-refractivity contribution in [2.75, 3.05) is 32.8 Å². The minimum atomic E-state index is 0.309. The van der Waals surface area contributed by atoms with Crippen molar-refractivity contribution in [3.8, 4) is 0 Å². The lowest BCUT2D eigenvalue weighted by Crippen LogP contribution is -2.46. The molecule has 1 aliphatic rings. The van der Waals surface area contributed by atoms with E-state index in [1.807, 2.05) is 0 Å². The number of likely N-dealkylation sites (tertiary alicyclic amines) is 1. The third-order valence-electron chi connectivity index (χ3n) is 4.41. The SMILES string of the molecule is CCCNC(C)C(C)(C)CN1CCC(CCO)C1. The minimum absolute atomic E-state index is 0.309. The van der Waals surface area contributed by atoms with E-state index in [-0.39, 0.29) is 0 Å². The molecule has 1 heterocycles. The highest BCUT2D eigenvalue weighted by Crippen LogP contribution is 2.27. The molecule has 1 fully saturated rings. The maximum atomic E-state index is 9.00. The van der Waals surface area contributed by atoms with Crippen LogP contribution in [0.15, 0.2) is 0 Å². The molecule has 1 aliphatic heterocycles. The molecule has 18 heavy (non-hydrogen) atoms. The summed E-state index contributed by atoms with van der Waals surface area (Å²) in [6, 6.07) is 0.550. The van der Waals surface area contributed by atoms with Crippen molar-refractivity contribution in [2.24, 2.45) is 11.3 Å². The van der Waals surface area contributed by atoms with E-state index in [0.717, 1.165) is 19.5 Å². The van der Waals surface area contributed by atoms with Gasteiger partial charge in [0.25, 0.3) is 0 Å². The molecule has 2 unspecified atom stereocenters. The zero-order valence-corrected chi connectivity index (χ0v) is 12.7. The Bertz CT molecular complexity index is 231. The van der Waals surface area contributed by atoms with Crippen LogP contribution in [0.4, 0.5) is 0 Å². The van der Waals surface area contributed by atoms with Gasteiger partial charge in [-0.3, -0.25) is 0 Å². The van der Waals surface area contributed by atoms with Crippen LogP contribution in [-0.4, -0.2) is 48.8 Å².